The molecule has 0 heterocycles. The van der Waals surface area contributed by atoms with Crippen LogP contribution < -0.4 is 0 Å². The minimum Gasteiger partial charge on any atom is -0.508 e. The Morgan fingerprint density at radius 1 is 1.50 bits per heavy atom. The molecule has 4 N–H and O–H groups in total. The topological polar surface area (TPSA) is 98.0 Å². The van der Waals surface area contributed by atoms with Crippen LogP contribution in [0, 0.1) is 0 Å². The summed E-state index contributed by atoms with van der Waals surface area (Å²) in [6, 6.07) is 0. The predicted molar refractivity (Wildman–Crippen MR) is 47.8 cm³/mol. The lowest BCUT2D eigenvalue weighted by molar-refractivity contribution is -0.131. The zero-order chi connectivity index (χ0) is 10.8. The number of carboxylic acid groups (broad SMARTS) is 1. The van der Waals surface area contributed by atoms with E-state index in [4.69, 9.17) is 15.3 Å². The van der Waals surface area contributed by atoms with E-state index in [9.17, 15) is 9.90 Å². The Kier molecular flexibility index (Phi) is 2.62. The number of aliphatic hydroxyl groups is 3. The Hall–Kier alpha value is -1.75. The van der Waals surface area contributed by atoms with Crippen molar-refractivity contribution >= 4 is 5.97 Å². The summed E-state index contributed by atoms with van der Waals surface area (Å²) in [5.74, 6) is -1.88. The van der Waals surface area contributed by atoms with Crippen molar-refractivity contribution in [3.05, 3.63) is 35.8 Å². The summed E-state index contributed by atoms with van der Waals surface area (Å²) in [5.41, 5.74) is -1.55. The third-order valence-corrected chi connectivity index (χ3v) is 1.79. The zero-order valence-electron chi connectivity index (χ0n) is 7.21. The van der Waals surface area contributed by atoms with Crippen molar-refractivity contribution in [2.24, 2.45) is 0 Å². The summed E-state index contributed by atoms with van der Waals surface area (Å²) < 4.78 is 0. The molecule has 1 aliphatic carbocycles. The van der Waals surface area contributed by atoms with Crippen molar-refractivity contribution in [2.75, 3.05) is 0 Å². The summed E-state index contributed by atoms with van der Waals surface area (Å²) in [6.45, 7) is 0. The van der Waals surface area contributed by atoms with Crippen LogP contribution in [0.5, 0.6) is 0 Å². The first-order valence-corrected chi connectivity index (χ1v) is 3.88. The predicted octanol–water partition coefficient (Wildman–Crippen LogP) is 0.646. The molecule has 5 heteroatoms. The average molecular weight is 198 g/mol. The minimum absolute atomic E-state index is 0.237. The molecule has 1 aliphatic rings. The van der Waals surface area contributed by atoms with Gasteiger partial charge in [0, 0.05) is 12.5 Å². The number of carbonyl (C=O) groups is 1. The van der Waals surface area contributed by atoms with E-state index >= 15 is 0 Å². The molecule has 0 aromatic heterocycles. The molecule has 76 valence electrons. The molecular weight excluding hydrogens is 188 g/mol. The van der Waals surface area contributed by atoms with E-state index in [0.29, 0.717) is 0 Å². The molecule has 1 unspecified atom stereocenters. The fourth-order valence-corrected chi connectivity index (χ4v) is 1.07. The molecule has 1 rings (SSSR count). The molecule has 5 nitrogen and oxygen atoms in total. The SMILES string of the molecule is O=C(O)C=CC1(O)C=CC(O)=C(O)C1. The Morgan fingerprint density at radius 2 is 2.14 bits per heavy atom. The maximum atomic E-state index is 10.2. The molecule has 0 amide bonds. The van der Waals surface area contributed by atoms with Gasteiger partial charge in [-0.25, -0.2) is 4.79 Å². The lowest BCUT2D eigenvalue weighted by Crippen LogP contribution is -2.26. The van der Waals surface area contributed by atoms with Crippen LogP contribution in [0.25, 0.3) is 0 Å². The molecular formula is C9H10O5. The fourth-order valence-electron chi connectivity index (χ4n) is 1.07. The third-order valence-electron chi connectivity index (χ3n) is 1.79. The van der Waals surface area contributed by atoms with Gasteiger partial charge >= 0.3 is 5.97 Å². The molecule has 0 radical (unpaired) electrons. The number of aliphatic carboxylic acids is 1. The van der Waals surface area contributed by atoms with Crippen molar-refractivity contribution in [2.45, 2.75) is 12.0 Å². The van der Waals surface area contributed by atoms with Gasteiger partial charge in [0.05, 0.1) is 0 Å². The monoisotopic (exact) mass is 198 g/mol. The van der Waals surface area contributed by atoms with Gasteiger partial charge < -0.3 is 20.4 Å². The molecule has 0 aliphatic heterocycles. The summed E-state index contributed by atoms with van der Waals surface area (Å²) in [4.78, 5) is 10.2. The summed E-state index contributed by atoms with van der Waals surface area (Å²) >= 11 is 0. The van der Waals surface area contributed by atoms with Gasteiger partial charge in [0.2, 0.25) is 0 Å². The van der Waals surface area contributed by atoms with Crippen LogP contribution in [0.4, 0.5) is 0 Å². The molecule has 14 heavy (non-hydrogen) atoms. The lowest BCUT2D eigenvalue weighted by Gasteiger charge is -2.23. The summed E-state index contributed by atoms with van der Waals surface area (Å²) in [7, 11) is 0. The lowest BCUT2D eigenvalue weighted by atomic mass is 9.93. The normalized spacial score (nSPS) is 27.2. The second-order valence-electron chi connectivity index (χ2n) is 3.00. The second kappa shape index (κ2) is 3.55. The van der Waals surface area contributed by atoms with Crippen LogP contribution in [-0.2, 0) is 4.79 Å². The van der Waals surface area contributed by atoms with Crippen LogP contribution >= 0.6 is 0 Å². The minimum atomic E-state index is -1.55. The summed E-state index contributed by atoms with van der Waals surface area (Å²) in [5, 5.41) is 36.1. The van der Waals surface area contributed by atoms with Crippen LogP contribution in [0.15, 0.2) is 35.8 Å². The number of rotatable bonds is 2. The summed E-state index contributed by atoms with van der Waals surface area (Å²) in [6.07, 6.45) is 3.90. The standard InChI is InChI=1S/C9H10O5/c10-6-1-3-9(14,5-7(6)11)4-2-8(12)13/h1-4,10-11,14H,5H2,(H,12,13). The van der Waals surface area contributed by atoms with E-state index in [0.717, 1.165) is 18.2 Å². The van der Waals surface area contributed by atoms with E-state index < -0.39 is 11.6 Å². The highest BCUT2D eigenvalue weighted by atomic mass is 16.4. The van der Waals surface area contributed by atoms with Gasteiger partial charge in [-0.1, -0.05) is 0 Å². The smallest absolute Gasteiger partial charge is 0.328 e. The molecule has 0 saturated carbocycles. The van der Waals surface area contributed by atoms with Crippen molar-refractivity contribution in [3.8, 4) is 0 Å². The fraction of sp³-hybridized carbons (Fsp3) is 0.222. The first-order chi connectivity index (χ1) is 6.43. The van der Waals surface area contributed by atoms with Crippen molar-refractivity contribution in [1.29, 1.82) is 0 Å². The highest BCUT2D eigenvalue weighted by Crippen LogP contribution is 2.25. The zero-order valence-corrected chi connectivity index (χ0v) is 7.21. The van der Waals surface area contributed by atoms with E-state index in [2.05, 4.69) is 0 Å². The second-order valence-corrected chi connectivity index (χ2v) is 3.00. The quantitative estimate of drug-likeness (QED) is 0.488. The molecule has 1 atom stereocenters. The van der Waals surface area contributed by atoms with Gasteiger partial charge in [-0.3, -0.25) is 0 Å². The number of allylic oxidation sites excluding steroid dienone is 1. The molecule has 0 spiro atoms. The molecule has 0 bridgehead atoms. The number of aliphatic hydroxyl groups excluding tert-OH is 2. The van der Waals surface area contributed by atoms with Crippen LogP contribution in [0.2, 0.25) is 0 Å². The Labute approximate surface area is 79.9 Å². The van der Waals surface area contributed by atoms with E-state index in [-0.39, 0.29) is 17.9 Å². The maximum Gasteiger partial charge on any atom is 0.328 e. The van der Waals surface area contributed by atoms with Crippen LogP contribution in [0.1, 0.15) is 6.42 Å². The highest BCUT2D eigenvalue weighted by Gasteiger charge is 2.27. The van der Waals surface area contributed by atoms with Gasteiger partial charge in [-0.05, 0) is 18.2 Å². The van der Waals surface area contributed by atoms with Crippen LogP contribution in [-0.4, -0.2) is 32.0 Å². The van der Waals surface area contributed by atoms with E-state index in [1.165, 1.54) is 6.08 Å². The molecule has 0 fully saturated rings. The number of hydrogen-bond donors (Lipinski definition) is 4. The first kappa shape index (κ1) is 10.3. The molecule has 0 saturated heterocycles. The Balaban J connectivity index is 2.82. The third kappa shape index (κ3) is 2.37. The molecule has 0 aromatic carbocycles. The van der Waals surface area contributed by atoms with E-state index in [1.807, 2.05) is 0 Å². The van der Waals surface area contributed by atoms with E-state index in [1.54, 1.807) is 0 Å². The Morgan fingerprint density at radius 3 is 2.64 bits per heavy atom. The maximum absolute atomic E-state index is 10.2. The van der Waals surface area contributed by atoms with Crippen molar-refractivity contribution in [1.82, 2.24) is 0 Å². The molecule has 0 aromatic rings. The van der Waals surface area contributed by atoms with Crippen LogP contribution in [0.3, 0.4) is 0 Å². The highest BCUT2D eigenvalue weighted by molar-refractivity contribution is 5.80. The van der Waals surface area contributed by atoms with Crippen molar-refractivity contribution < 1.29 is 25.2 Å². The average Bonchev–Trinajstić information content (AvgIpc) is 2.09. The Bertz CT molecular complexity index is 335. The van der Waals surface area contributed by atoms with Crippen molar-refractivity contribution in [3.63, 3.8) is 0 Å². The van der Waals surface area contributed by atoms with Gasteiger partial charge in [0.25, 0.3) is 0 Å². The first-order valence-electron chi connectivity index (χ1n) is 3.88. The number of carboxylic acids is 1. The largest absolute Gasteiger partial charge is 0.508 e. The van der Waals surface area contributed by atoms with Gasteiger partial charge in [0.15, 0.2) is 5.76 Å². The number of hydrogen-bond acceptors (Lipinski definition) is 4. The van der Waals surface area contributed by atoms with Gasteiger partial charge in [-0.2, -0.15) is 0 Å². The van der Waals surface area contributed by atoms with Gasteiger partial charge in [0.1, 0.15) is 11.4 Å². The van der Waals surface area contributed by atoms with Gasteiger partial charge in [-0.15, -0.1) is 0 Å².